The molecule has 0 atom stereocenters. The molecule has 0 aliphatic carbocycles. The Morgan fingerprint density at radius 2 is 2.00 bits per heavy atom. The molecule has 0 unspecified atom stereocenters. The molecule has 142 valence electrons. The summed E-state index contributed by atoms with van der Waals surface area (Å²) >= 11 is 1.19. The monoisotopic (exact) mass is 388 g/mol. The third-order valence-electron chi connectivity index (χ3n) is 3.98. The summed E-state index contributed by atoms with van der Waals surface area (Å²) in [7, 11) is -3.41. The number of nitrogens with one attached hydrogen (secondary N) is 1. The number of sulfonamides is 1. The molecule has 1 fully saturated rings. The summed E-state index contributed by atoms with van der Waals surface area (Å²) < 4.78 is 32.5. The summed E-state index contributed by atoms with van der Waals surface area (Å²) in [5.74, 6) is -0.0895. The lowest BCUT2D eigenvalue weighted by molar-refractivity contribution is -0.120. The molecule has 1 N–H and O–H groups in total. The summed E-state index contributed by atoms with van der Waals surface area (Å²) in [5.41, 5.74) is 0. The molecule has 0 spiro atoms. The van der Waals surface area contributed by atoms with Crippen LogP contribution in [0.25, 0.3) is 0 Å². The molecule has 1 aliphatic rings. The minimum absolute atomic E-state index is 0.0895. The molecule has 25 heavy (non-hydrogen) atoms. The number of carbonyl (C=O) groups excluding carboxylic acids is 1. The quantitative estimate of drug-likeness (QED) is 0.659. The smallest absolute Gasteiger partial charge is 0.252 e. The SMILES string of the molecule is CC(C)OCCCNC(=O)Cc1ccc(S(=O)(=O)N2CCCCC2)s1. The minimum Gasteiger partial charge on any atom is -0.379 e. The van der Waals surface area contributed by atoms with E-state index in [0.717, 1.165) is 30.6 Å². The first-order valence-electron chi connectivity index (χ1n) is 8.87. The molecule has 6 nitrogen and oxygen atoms in total. The largest absolute Gasteiger partial charge is 0.379 e. The summed E-state index contributed by atoms with van der Waals surface area (Å²) in [4.78, 5) is 12.7. The van der Waals surface area contributed by atoms with Gasteiger partial charge in [0.15, 0.2) is 0 Å². The number of amides is 1. The maximum Gasteiger partial charge on any atom is 0.252 e. The zero-order valence-electron chi connectivity index (χ0n) is 15.0. The molecule has 1 aliphatic heterocycles. The maximum absolute atomic E-state index is 12.6. The number of carbonyl (C=O) groups is 1. The number of nitrogens with zero attached hydrogens (tertiary/aromatic N) is 1. The van der Waals surface area contributed by atoms with Crippen LogP contribution in [0.4, 0.5) is 0 Å². The van der Waals surface area contributed by atoms with Gasteiger partial charge in [-0.1, -0.05) is 6.42 Å². The molecule has 0 bridgehead atoms. The van der Waals surface area contributed by atoms with Crippen LogP contribution in [0.5, 0.6) is 0 Å². The van der Waals surface area contributed by atoms with E-state index in [1.54, 1.807) is 16.4 Å². The second-order valence-electron chi connectivity index (χ2n) is 6.49. The Morgan fingerprint density at radius 1 is 1.28 bits per heavy atom. The lowest BCUT2D eigenvalue weighted by Crippen LogP contribution is -2.35. The standard InChI is InChI=1S/C17H28N2O4S2/c1-14(2)23-12-6-9-18-16(20)13-15-7-8-17(24-15)25(21,22)19-10-4-3-5-11-19/h7-8,14H,3-6,9-13H2,1-2H3,(H,18,20). The zero-order chi connectivity index (χ0) is 18.3. The lowest BCUT2D eigenvalue weighted by Gasteiger charge is -2.25. The predicted molar refractivity (Wildman–Crippen MR) is 99.3 cm³/mol. The predicted octanol–water partition coefficient (Wildman–Crippen LogP) is 2.40. The first-order chi connectivity index (χ1) is 11.9. The number of hydrogen-bond donors (Lipinski definition) is 1. The lowest BCUT2D eigenvalue weighted by atomic mass is 10.2. The van der Waals surface area contributed by atoms with E-state index >= 15 is 0 Å². The number of thiophene rings is 1. The van der Waals surface area contributed by atoms with Gasteiger partial charge in [0.05, 0.1) is 12.5 Å². The van der Waals surface area contributed by atoms with E-state index in [2.05, 4.69) is 5.32 Å². The van der Waals surface area contributed by atoms with Crippen molar-refractivity contribution in [1.29, 1.82) is 0 Å². The van der Waals surface area contributed by atoms with E-state index in [4.69, 9.17) is 4.74 Å². The fourth-order valence-corrected chi connectivity index (χ4v) is 5.69. The van der Waals surface area contributed by atoms with Gasteiger partial charge in [-0.2, -0.15) is 4.31 Å². The van der Waals surface area contributed by atoms with Crippen LogP contribution < -0.4 is 5.32 Å². The Labute approximate surface area is 154 Å². The van der Waals surface area contributed by atoms with Gasteiger partial charge < -0.3 is 10.1 Å². The van der Waals surface area contributed by atoms with E-state index in [-0.39, 0.29) is 18.4 Å². The summed E-state index contributed by atoms with van der Waals surface area (Å²) in [5, 5.41) is 2.84. The molecule has 8 heteroatoms. The van der Waals surface area contributed by atoms with Crippen molar-refractivity contribution in [3.8, 4) is 0 Å². The van der Waals surface area contributed by atoms with Gasteiger partial charge in [0.25, 0.3) is 10.0 Å². The van der Waals surface area contributed by atoms with Gasteiger partial charge in [0.2, 0.25) is 5.91 Å². The zero-order valence-corrected chi connectivity index (χ0v) is 16.6. The second-order valence-corrected chi connectivity index (χ2v) is 9.82. The van der Waals surface area contributed by atoms with Crippen LogP contribution in [-0.4, -0.2) is 51.0 Å². The van der Waals surface area contributed by atoms with Gasteiger partial charge in [-0.25, -0.2) is 8.42 Å². The van der Waals surface area contributed by atoms with Crippen LogP contribution in [0, 0.1) is 0 Å². The summed E-state index contributed by atoms with van der Waals surface area (Å²) in [6.07, 6.45) is 4.10. The van der Waals surface area contributed by atoms with Crippen molar-refractivity contribution in [2.45, 2.75) is 56.3 Å². The van der Waals surface area contributed by atoms with Crippen LogP contribution in [0.1, 0.15) is 44.4 Å². The third kappa shape index (κ3) is 6.36. The topological polar surface area (TPSA) is 75.7 Å². The first-order valence-corrected chi connectivity index (χ1v) is 11.1. The molecular weight excluding hydrogens is 360 g/mol. The number of ether oxygens (including phenoxy) is 1. The van der Waals surface area contributed by atoms with E-state index in [1.165, 1.54) is 11.3 Å². The van der Waals surface area contributed by atoms with E-state index < -0.39 is 10.0 Å². The molecule has 0 saturated carbocycles. The van der Waals surface area contributed by atoms with Crippen LogP contribution >= 0.6 is 11.3 Å². The van der Waals surface area contributed by atoms with Gasteiger partial charge in [-0.3, -0.25) is 4.79 Å². The molecule has 1 amide bonds. The molecule has 1 aromatic heterocycles. The van der Waals surface area contributed by atoms with Crippen LogP contribution in [-0.2, 0) is 26.0 Å². The molecular formula is C17H28N2O4S2. The minimum atomic E-state index is -3.41. The highest BCUT2D eigenvalue weighted by Crippen LogP contribution is 2.27. The average molecular weight is 389 g/mol. The van der Waals surface area contributed by atoms with Crippen molar-refractivity contribution in [3.05, 3.63) is 17.0 Å². The number of hydrogen-bond acceptors (Lipinski definition) is 5. The summed E-state index contributed by atoms with van der Waals surface area (Å²) in [6, 6.07) is 3.36. The van der Waals surface area contributed by atoms with E-state index in [1.807, 2.05) is 13.8 Å². The fraction of sp³-hybridized carbons (Fsp3) is 0.706. The first kappa shape index (κ1) is 20.4. The van der Waals surface area contributed by atoms with Crippen molar-refractivity contribution in [3.63, 3.8) is 0 Å². The Balaban J connectivity index is 1.81. The Bertz CT molecular complexity index is 649. The van der Waals surface area contributed by atoms with Crippen molar-refractivity contribution in [1.82, 2.24) is 9.62 Å². The Hall–Kier alpha value is -0.960. The van der Waals surface area contributed by atoms with Gasteiger partial charge in [0, 0.05) is 31.1 Å². The number of piperidine rings is 1. The molecule has 1 aromatic rings. The highest BCUT2D eigenvalue weighted by Gasteiger charge is 2.27. The van der Waals surface area contributed by atoms with Crippen LogP contribution in [0.15, 0.2) is 16.3 Å². The molecule has 0 radical (unpaired) electrons. The van der Waals surface area contributed by atoms with Gasteiger partial charge in [0.1, 0.15) is 4.21 Å². The molecule has 1 saturated heterocycles. The summed E-state index contributed by atoms with van der Waals surface area (Å²) in [6.45, 7) is 6.32. The average Bonchev–Trinajstić information content (AvgIpc) is 3.04. The molecule has 2 heterocycles. The van der Waals surface area contributed by atoms with Crippen molar-refractivity contribution >= 4 is 27.3 Å². The fourth-order valence-electron chi connectivity index (χ4n) is 2.66. The molecule has 2 rings (SSSR count). The van der Waals surface area contributed by atoms with Crippen molar-refractivity contribution < 1.29 is 17.9 Å². The maximum atomic E-state index is 12.6. The van der Waals surface area contributed by atoms with Gasteiger partial charge in [-0.05, 0) is 45.2 Å². The van der Waals surface area contributed by atoms with Gasteiger partial charge in [-0.15, -0.1) is 11.3 Å². The van der Waals surface area contributed by atoms with Gasteiger partial charge >= 0.3 is 0 Å². The van der Waals surface area contributed by atoms with Crippen molar-refractivity contribution in [2.75, 3.05) is 26.2 Å². The van der Waals surface area contributed by atoms with E-state index in [0.29, 0.717) is 30.5 Å². The second kappa shape index (κ2) is 9.66. The molecule has 0 aromatic carbocycles. The normalized spacial score (nSPS) is 16.3. The third-order valence-corrected chi connectivity index (χ3v) is 7.43. The Kier molecular flexibility index (Phi) is 7.86. The highest BCUT2D eigenvalue weighted by atomic mass is 32.2. The van der Waals surface area contributed by atoms with Crippen LogP contribution in [0.3, 0.4) is 0 Å². The van der Waals surface area contributed by atoms with Crippen LogP contribution in [0.2, 0.25) is 0 Å². The van der Waals surface area contributed by atoms with E-state index in [9.17, 15) is 13.2 Å². The highest BCUT2D eigenvalue weighted by molar-refractivity contribution is 7.91. The van der Waals surface area contributed by atoms with Crippen molar-refractivity contribution in [2.24, 2.45) is 0 Å². The Morgan fingerprint density at radius 3 is 2.68 bits per heavy atom. The number of rotatable bonds is 9.